The van der Waals surface area contributed by atoms with Gasteiger partial charge in [0.2, 0.25) is 5.78 Å². The Kier molecular flexibility index (Phi) is 4.29. The number of halogens is 3. The summed E-state index contributed by atoms with van der Waals surface area (Å²) in [7, 11) is 0. The highest BCUT2D eigenvalue weighted by atomic mass is 127. The van der Waals surface area contributed by atoms with E-state index in [2.05, 4.69) is 4.98 Å². The van der Waals surface area contributed by atoms with Crippen LogP contribution in [0.2, 0.25) is 5.02 Å². The number of aromatic hydroxyl groups is 1. The number of fused-ring (bicyclic) bond motifs is 1. The summed E-state index contributed by atoms with van der Waals surface area (Å²) in [6.07, 6.45) is 1.77. The lowest BCUT2D eigenvalue weighted by Crippen LogP contribution is -2.09. The molecule has 3 aromatic rings. The molecule has 0 unspecified atom stereocenters. The van der Waals surface area contributed by atoms with Crippen molar-refractivity contribution in [1.82, 2.24) is 9.38 Å². The summed E-state index contributed by atoms with van der Waals surface area (Å²) < 4.78 is 15.5. The molecule has 1 aromatic carbocycles. The second-order valence-electron chi connectivity index (χ2n) is 4.95. The van der Waals surface area contributed by atoms with E-state index in [1.54, 1.807) is 6.07 Å². The van der Waals surface area contributed by atoms with Gasteiger partial charge in [-0.15, -0.1) is 0 Å². The molecule has 0 saturated heterocycles. The lowest BCUT2D eigenvalue weighted by molar-refractivity contribution is 0.103. The summed E-state index contributed by atoms with van der Waals surface area (Å²) in [5, 5.41) is 9.83. The number of phenols is 1. The number of ketones is 1. The normalized spacial score (nSPS) is 11.1. The molecule has 0 spiro atoms. The quantitative estimate of drug-likeness (QED) is 0.486. The SMILES string of the molecule is CCc1nc2ccc(F)cn2c1C(=O)c1cc(Cl)c(O)c(I)c1. The number of hydrogen-bond acceptors (Lipinski definition) is 3. The number of aryl methyl sites for hydroxylation is 1. The van der Waals surface area contributed by atoms with E-state index in [0.29, 0.717) is 32.6 Å². The molecule has 0 radical (unpaired) electrons. The van der Waals surface area contributed by atoms with Crippen LogP contribution in [0, 0.1) is 9.39 Å². The van der Waals surface area contributed by atoms with Gasteiger partial charge in [0.1, 0.15) is 22.9 Å². The molecule has 0 bridgehead atoms. The van der Waals surface area contributed by atoms with Gasteiger partial charge in [0.25, 0.3) is 0 Å². The summed E-state index contributed by atoms with van der Waals surface area (Å²) in [6.45, 7) is 1.88. The zero-order valence-electron chi connectivity index (χ0n) is 12.0. The van der Waals surface area contributed by atoms with Crippen LogP contribution >= 0.6 is 34.2 Å². The molecule has 0 aliphatic heterocycles. The third-order valence-electron chi connectivity index (χ3n) is 3.48. The first-order chi connectivity index (χ1) is 10.9. The molecule has 23 heavy (non-hydrogen) atoms. The molecule has 3 rings (SSSR count). The van der Waals surface area contributed by atoms with Gasteiger partial charge in [-0.05, 0) is 53.3 Å². The number of benzene rings is 1. The van der Waals surface area contributed by atoms with E-state index < -0.39 is 5.82 Å². The van der Waals surface area contributed by atoms with Crippen LogP contribution in [0.4, 0.5) is 4.39 Å². The molecule has 0 fully saturated rings. The minimum atomic E-state index is -0.454. The minimum absolute atomic E-state index is 0.0660. The third-order valence-corrected chi connectivity index (χ3v) is 4.59. The van der Waals surface area contributed by atoms with E-state index in [1.807, 2.05) is 29.5 Å². The van der Waals surface area contributed by atoms with Crippen molar-refractivity contribution in [3.63, 3.8) is 0 Å². The zero-order valence-corrected chi connectivity index (χ0v) is 14.9. The Morgan fingerprint density at radius 1 is 1.43 bits per heavy atom. The number of phenolic OH excluding ortho intramolecular Hbond substituents is 1. The number of imidazole rings is 1. The fourth-order valence-electron chi connectivity index (χ4n) is 2.39. The Hall–Kier alpha value is -1.67. The van der Waals surface area contributed by atoms with Crippen molar-refractivity contribution in [3.05, 3.63) is 61.8 Å². The van der Waals surface area contributed by atoms with Crippen LogP contribution in [0.1, 0.15) is 28.7 Å². The van der Waals surface area contributed by atoms with Crippen LogP contribution in [-0.4, -0.2) is 20.3 Å². The van der Waals surface area contributed by atoms with Crippen LogP contribution in [0.15, 0.2) is 30.5 Å². The van der Waals surface area contributed by atoms with E-state index in [0.717, 1.165) is 0 Å². The summed E-state index contributed by atoms with van der Waals surface area (Å²) in [6, 6.07) is 5.77. The van der Waals surface area contributed by atoms with Gasteiger partial charge in [-0.2, -0.15) is 0 Å². The van der Waals surface area contributed by atoms with Gasteiger partial charge in [-0.3, -0.25) is 9.20 Å². The fourth-order valence-corrected chi connectivity index (χ4v) is 3.39. The summed E-state index contributed by atoms with van der Waals surface area (Å²) in [4.78, 5) is 17.3. The monoisotopic (exact) mass is 444 g/mol. The zero-order chi connectivity index (χ0) is 16.7. The largest absolute Gasteiger partial charge is 0.505 e. The number of carbonyl (C=O) groups excluding carboxylic acids is 1. The van der Waals surface area contributed by atoms with Gasteiger partial charge >= 0.3 is 0 Å². The molecule has 2 aromatic heterocycles. The molecule has 4 nitrogen and oxygen atoms in total. The molecular weight excluding hydrogens is 434 g/mol. The van der Waals surface area contributed by atoms with Crippen LogP contribution in [0.5, 0.6) is 5.75 Å². The Morgan fingerprint density at radius 3 is 2.83 bits per heavy atom. The molecular formula is C16H11ClFIN2O2. The van der Waals surface area contributed by atoms with Crippen molar-refractivity contribution in [1.29, 1.82) is 0 Å². The van der Waals surface area contributed by atoms with Crippen molar-refractivity contribution < 1.29 is 14.3 Å². The average Bonchev–Trinajstić information content (AvgIpc) is 2.89. The second kappa shape index (κ2) is 6.09. The van der Waals surface area contributed by atoms with Crippen molar-refractivity contribution >= 4 is 45.6 Å². The molecule has 2 heterocycles. The average molecular weight is 445 g/mol. The standard InChI is InChI=1S/C16H11ClFIN2O2/c1-2-12-14(21-7-9(18)3-4-13(21)20-12)15(22)8-5-10(17)16(23)11(19)6-8/h3-7,23H,2H2,1H3. The van der Waals surface area contributed by atoms with Gasteiger partial charge in [0.05, 0.1) is 14.3 Å². The van der Waals surface area contributed by atoms with Gasteiger partial charge in [-0.1, -0.05) is 18.5 Å². The molecule has 0 atom stereocenters. The van der Waals surface area contributed by atoms with Gasteiger partial charge in [-0.25, -0.2) is 9.37 Å². The van der Waals surface area contributed by atoms with Crippen LogP contribution in [-0.2, 0) is 6.42 Å². The molecule has 0 amide bonds. The lowest BCUT2D eigenvalue weighted by Gasteiger charge is -2.07. The smallest absolute Gasteiger partial charge is 0.211 e. The minimum Gasteiger partial charge on any atom is -0.505 e. The summed E-state index contributed by atoms with van der Waals surface area (Å²) >= 11 is 7.85. The topological polar surface area (TPSA) is 54.6 Å². The Balaban J connectivity index is 2.23. The second-order valence-corrected chi connectivity index (χ2v) is 6.52. The maximum atomic E-state index is 13.6. The van der Waals surface area contributed by atoms with Crippen LogP contribution in [0.25, 0.3) is 5.65 Å². The number of hydrogen-bond donors (Lipinski definition) is 1. The first kappa shape index (κ1) is 16.2. The maximum Gasteiger partial charge on any atom is 0.211 e. The summed E-state index contributed by atoms with van der Waals surface area (Å²) in [5.41, 5.74) is 1.71. The van der Waals surface area contributed by atoms with Gasteiger partial charge < -0.3 is 5.11 Å². The van der Waals surface area contributed by atoms with Crippen molar-refractivity contribution in [3.8, 4) is 5.75 Å². The highest BCUT2D eigenvalue weighted by molar-refractivity contribution is 14.1. The van der Waals surface area contributed by atoms with E-state index in [4.69, 9.17) is 11.6 Å². The number of nitrogens with zero attached hydrogens (tertiary/aromatic N) is 2. The van der Waals surface area contributed by atoms with Gasteiger partial charge in [0, 0.05) is 11.8 Å². The first-order valence-electron chi connectivity index (χ1n) is 6.81. The van der Waals surface area contributed by atoms with E-state index in [1.165, 1.54) is 28.8 Å². The molecule has 0 aliphatic rings. The van der Waals surface area contributed by atoms with Crippen molar-refractivity contribution in [2.75, 3.05) is 0 Å². The van der Waals surface area contributed by atoms with Crippen LogP contribution < -0.4 is 0 Å². The maximum absolute atomic E-state index is 13.6. The highest BCUT2D eigenvalue weighted by Gasteiger charge is 2.21. The Labute approximate surface area is 150 Å². The number of aromatic nitrogens is 2. The van der Waals surface area contributed by atoms with Crippen LogP contribution in [0.3, 0.4) is 0 Å². The number of pyridine rings is 1. The molecule has 0 saturated carbocycles. The van der Waals surface area contributed by atoms with E-state index in [-0.39, 0.29) is 16.6 Å². The fraction of sp³-hybridized carbons (Fsp3) is 0.125. The Morgan fingerprint density at radius 2 is 2.17 bits per heavy atom. The molecule has 7 heteroatoms. The molecule has 118 valence electrons. The Bertz CT molecular complexity index is 916. The summed E-state index contributed by atoms with van der Waals surface area (Å²) in [5.74, 6) is -0.839. The predicted octanol–water partition coefficient (Wildman–Crippen LogP) is 4.23. The van der Waals surface area contributed by atoms with Gasteiger partial charge in [0.15, 0.2) is 0 Å². The lowest BCUT2D eigenvalue weighted by atomic mass is 10.1. The molecule has 1 N–H and O–H groups in total. The highest BCUT2D eigenvalue weighted by Crippen LogP contribution is 2.31. The van der Waals surface area contributed by atoms with Crippen molar-refractivity contribution in [2.45, 2.75) is 13.3 Å². The van der Waals surface area contributed by atoms with E-state index >= 15 is 0 Å². The number of rotatable bonds is 3. The predicted molar refractivity (Wildman–Crippen MR) is 93.8 cm³/mol. The molecule has 0 aliphatic carbocycles. The first-order valence-corrected chi connectivity index (χ1v) is 8.27. The number of carbonyl (C=O) groups is 1. The van der Waals surface area contributed by atoms with E-state index in [9.17, 15) is 14.3 Å². The third kappa shape index (κ3) is 2.81. The van der Waals surface area contributed by atoms with Crippen molar-refractivity contribution in [2.24, 2.45) is 0 Å².